The Labute approximate surface area is 125 Å². The van der Waals surface area contributed by atoms with Gasteiger partial charge in [0.1, 0.15) is 5.76 Å². The van der Waals surface area contributed by atoms with Gasteiger partial charge >= 0.3 is 6.03 Å². The predicted molar refractivity (Wildman–Crippen MR) is 81.1 cm³/mol. The second kappa shape index (κ2) is 4.98. The van der Waals surface area contributed by atoms with Crippen LogP contribution in [-0.4, -0.2) is 18.0 Å². The smallest absolute Gasteiger partial charge is 0.321 e. The molecule has 0 saturated heterocycles. The number of amides is 2. The van der Waals surface area contributed by atoms with Crippen molar-refractivity contribution in [1.82, 2.24) is 4.90 Å². The molecule has 3 rings (SSSR count). The fourth-order valence-electron chi connectivity index (χ4n) is 2.36. The van der Waals surface area contributed by atoms with Gasteiger partial charge in [-0.05, 0) is 35.7 Å². The first-order valence-electron chi connectivity index (χ1n) is 6.39. The van der Waals surface area contributed by atoms with Crippen LogP contribution >= 0.6 is 15.9 Å². The van der Waals surface area contributed by atoms with Gasteiger partial charge < -0.3 is 14.6 Å². The zero-order chi connectivity index (χ0) is 14.3. The third-order valence-electron chi connectivity index (χ3n) is 3.55. The standard InChI is InChI=1S/C15H15BrN2O2/c1-9-5-6-20-14(9)13(16)10-3-4-12-11(7-10)8-18(2)15(19)17-12/h3-7,13H,8H2,1-2H3,(H,17,19). The lowest BCUT2D eigenvalue weighted by Crippen LogP contribution is -2.35. The number of fused-ring (bicyclic) bond motifs is 1. The minimum atomic E-state index is -0.0671. The van der Waals surface area contributed by atoms with E-state index in [2.05, 4.69) is 27.3 Å². The lowest BCUT2D eigenvalue weighted by Gasteiger charge is -2.26. The summed E-state index contributed by atoms with van der Waals surface area (Å²) in [7, 11) is 1.78. The number of nitrogens with one attached hydrogen (secondary N) is 1. The normalized spacial score (nSPS) is 15.8. The van der Waals surface area contributed by atoms with Crippen LogP contribution in [0.15, 0.2) is 34.9 Å². The molecule has 2 aromatic rings. The number of alkyl halides is 1. The minimum Gasteiger partial charge on any atom is -0.468 e. The fourth-order valence-corrected chi connectivity index (χ4v) is 3.11. The highest BCUT2D eigenvalue weighted by molar-refractivity contribution is 9.09. The van der Waals surface area contributed by atoms with Crippen molar-refractivity contribution < 1.29 is 9.21 Å². The van der Waals surface area contributed by atoms with E-state index in [1.165, 1.54) is 0 Å². The second-order valence-electron chi connectivity index (χ2n) is 5.03. The van der Waals surface area contributed by atoms with Crippen LogP contribution in [0.25, 0.3) is 0 Å². The molecule has 0 fully saturated rings. The van der Waals surface area contributed by atoms with Crippen molar-refractivity contribution in [2.24, 2.45) is 0 Å². The maximum Gasteiger partial charge on any atom is 0.321 e. The highest BCUT2D eigenvalue weighted by atomic mass is 79.9. The van der Waals surface area contributed by atoms with Gasteiger partial charge in [-0.2, -0.15) is 0 Å². The van der Waals surface area contributed by atoms with Gasteiger partial charge in [0.25, 0.3) is 0 Å². The molecule has 1 aromatic carbocycles. The van der Waals surface area contributed by atoms with E-state index in [4.69, 9.17) is 4.42 Å². The van der Waals surface area contributed by atoms with Crippen LogP contribution in [0.3, 0.4) is 0 Å². The van der Waals surface area contributed by atoms with Crippen molar-refractivity contribution in [3.05, 3.63) is 53.0 Å². The maximum atomic E-state index is 11.6. The van der Waals surface area contributed by atoms with E-state index in [0.717, 1.165) is 28.1 Å². The molecule has 2 amide bonds. The van der Waals surface area contributed by atoms with Gasteiger partial charge in [-0.3, -0.25) is 0 Å². The number of benzene rings is 1. The summed E-state index contributed by atoms with van der Waals surface area (Å²) in [5.74, 6) is 0.915. The number of urea groups is 1. The van der Waals surface area contributed by atoms with E-state index in [1.807, 2.05) is 25.1 Å². The first-order chi connectivity index (χ1) is 9.56. The number of aryl methyl sites for hydroxylation is 1. The number of rotatable bonds is 2. The Bertz CT molecular complexity index is 666. The third-order valence-corrected chi connectivity index (χ3v) is 4.49. The van der Waals surface area contributed by atoms with Gasteiger partial charge in [-0.1, -0.05) is 28.1 Å². The SMILES string of the molecule is Cc1ccoc1C(Br)c1ccc2c(c1)CN(C)C(=O)N2. The van der Waals surface area contributed by atoms with E-state index < -0.39 is 0 Å². The van der Waals surface area contributed by atoms with Crippen molar-refractivity contribution in [3.8, 4) is 0 Å². The first-order valence-corrected chi connectivity index (χ1v) is 7.31. The topological polar surface area (TPSA) is 45.5 Å². The molecule has 1 atom stereocenters. The quantitative estimate of drug-likeness (QED) is 0.842. The van der Waals surface area contributed by atoms with Gasteiger partial charge in [0.05, 0.1) is 11.1 Å². The van der Waals surface area contributed by atoms with Crippen molar-refractivity contribution in [3.63, 3.8) is 0 Å². The first kappa shape index (κ1) is 13.2. The number of hydrogen-bond acceptors (Lipinski definition) is 2. The summed E-state index contributed by atoms with van der Waals surface area (Å²) in [6.07, 6.45) is 1.70. The summed E-state index contributed by atoms with van der Waals surface area (Å²) in [4.78, 5) is 13.3. The molecule has 0 spiro atoms. The van der Waals surface area contributed by atoms with Crippen molar-refractivity contribution >= 4 is 27.6 Å². The Balaban J connectivity index is 1.95. The predicted octanol–water partition coefficient (Wildman–Crippen LogP) is 4.05. The summed E-state index contributed by atoms with van der Waals surface area (Å²) in [6, 6.07) is 7.94. The zero-order valence-electron chi connectivity index (χ0n) is 11.3. The highest BCUT2D eigenvalue weighted by Gasteiger charge is 2.22. The van der Waals surface area contributed by atoms with Crippen LogP contribution in [0.4, 0.5) is 10.5 Å². The Morgan fingerprint density at radius 2 is 2.20 bits per heavy atom. The summed E-state index contributed by atoms with van der Waals surface area (Å²) >= 11 is 3.68. The van der Waals surface area contributed by atoms with Gasteiger partial charge in [-0.15, -0.1) is 0 Å². The monoisotopic (exact) mass is 334 g/mol. The van der Waals surface area contributed by atoms with E-state index in [9.17, 15) is 4.79 Å². The molecule has 1 aromatic heterocycles. The molecule has 20 heavy (non-hydrogen) atoms. The minimum absolute atomic E-state index is 0.0192. The van der Waals surface area contributed by atoms with Gasteiger partial charge in [0.15, 0.2) is 0 Å². The average molecular weight is 335 g/mol. The summed E-state index contributed by atoms with van der Waals surface area (Å²) in [5, 5.41) is 2.87. The van der Waals surface area contributed by atoms with E-state index >= 15 is 0 Å². The molecule has 1 N–H and O–H groups in total. The van der Waals surface area contributed by atoms with Crippen LogP contribution in [0, 0.1) is 6.92 Å². The summed E-state index contributed by atoms with van der Waals surface area (Å²) in [5.41, 5.74) is 4.23. The van der Waals surface area contributed by atoms with Gasteiger partial charge in [0.2, 0.25) is 0 Å². The number of anilines is 1. The maximum absolute atomic E-state index is 11.6. The molecule has 0 bridgehead atoms. The summed E-state index contributed by atoms with van der Waals surface area (Å²) < 4.78 is 5.54. The van der Waals surface area contributed by atoms with E-state index in [1.54, 1.807) is 18.2 Å². The molecule has 0 saturated carbocycles. The molecule has 104 valence electrons. The van der Waals surface area contributed by atoms with Crippen molar-refractivity contribution in [1.29, 1.82) is 0 Å². The van der Waals surface area contributed by atoms with Crippen LogP contribution in [0.1, 0.15) is 27.3 Å². The second-order valence-corrected chi connectivity index (χ2v) is 5.95. The Hall–Kier alpha value is -1.75. The molecule has 1 unspecified atom stereocenters. The van der Waals surface area contributed by atoms with E-state index in [-0.39, 0.29) is 10.9 Å². The molecule has 0 radical (unpaired) electrons. The number of hydrogen-bond donors (Lipinski definition) is 1. The molecule has 2 heterocycles. The molecule has 1 aliphatic rings. The van der Waals surface area contributed by atoms with E-state index in [0.29, 0.717) is 6.54 Å². The average Bonchev–Trinajstić information content (AvgIpc) is 2.85. The number of halogens is 1. The zero-order valence-corrected chi connectivity index (χ0v) is 12.9. The Morgan fingerprint density at radius 3 is 2.90 bits per heavy atom. The van der Waals surface area contributed by atoms with Crippen LogP contribution in [0.5, 0.6) is 0 Å². The lowest BCUT2D eigenvalue weighted by atomic mass is 10.0. The lowest BCUT2D eigenvalue weighted by molar-refractivity contribution is 0.218. The Morgan fingerprint density at radius 1 is 1.40 bits per heavy atom. The summed E-state index contributed by atoms with van der Waals surface area (Å²) in [6.45, 7) is 2.64. The molecule has 4 nitrogen and oxygen atoms in total. The third kappa shape index (κ3) is 2.22. The van der Waals surface area contributed by atoms with Crippen molar-refractivity contribution in [2.75, 3.05) is 12.4 Å². The molecular formula is C15H15BrN2O2. The number of carbonyl (C=O) groups is 1. The molecule has 5 heteroatoms. The van der Waals surface area contributed by atoms with Gasteiger partial charge in [0, 0.05) is 19.3 Å². The fraction of sp³-hybridized carbons (Fsp3) is 0.267. The molecule has 0 aliphatic carbocycles. The largest absolute Gasteiger partial charge is 0.468 e. The van der Waals surface area contributed by atoms with Crippen LogP contribution in [-0.2, 0) is 6.54 Å². The number of furan rings is 1. The van der Waals surface area contributed by atoms with Crippen LogP contribution < -0.4 is 5.32 Å². The Kier molecular flexibility index (Phi) is 3.30. The van der Waals surface area contributed by atoms with Crippen molar-refractivity contribution in [2.45, 2.75) is 18.3 Å². The molecular weight excluding hydrogens is 320 g/mol. The van der Waals surface area contributed by atoms with Gasteiger partial charge in [-0.25, -0.2) is 4.79 Å². The molecule has 1 aliphatic heterocycles. The number of nitrogens with zero attached hydrogens (tertiary/aromatic N) is 1. The highest BCUT2D eigenvalue weighted by Crippen LogP contribution is 2.35. The number of carbonyl (C=O) groups excluding carboxylic acids is 1. The van der Waals surface area contributed by atoms with Crippen LogP contribution in [0.2, 0.25) is 0 Å².